The Kier molecular flexibility index (Phi) is 6.71. The maximum atomic E-state index is 13.9. The van der Waals surface area contributed by atoms with Gasteiger partial charge in [-0.15, -0.1) is 5.10 Å². The Morgan fingerprint density at radius 1 is 0.974 bits per heavy atom. The number of fused-ring (bicyclic) bond motifs is 1. The van der Waals surface area contributed by atoms with E-state index in [1.54, 1.807) is 0 Å². The van der Waals surface area contributed by atoms with Crippen LogP contribution in [0.25, 0.3) is 5.52 Å². The third kappa shape index (κ3) is 4.96. The van der Waals surface area contributed by atoms with E-state index in [0.29, 0.717) is 43.8 Å². The summed E-state index contributed by atoms with van der Waals surface area (Å²) in [5, 5.41) is 15.3. The summed E-state index contributed by atoms with van der Waals surface area (Å²) < 4.78 is 1.84. The fraction of sp³-hybridized carbons (Fsp3) is 0.429. The van der Waals surface area contributed by atoms with Crippen LogP contribution >= 0.6 is 0 Å². The number of anilines is 3. The van der Waals surface area contributed by atoms with Crippen molar-refractivity contribution in [3.8, 4) is 0 Å². The molecule has 4 aromatic rings. The van der Waals surface area contributed by atoms with Gasteiger partial charge < -0.3 is 15.1 Å². The zero-order valence-corrected chi connectivity index (χ0v) is 22.1. The van der Waals surface area contributed by atoms with Gasteiger partial charge in [0.05, 0.1) is 0 Å². The quantitative estimate of drug-likeness (QED) is 0.406. The lowest BCUT2D eigenvalue weighted by Gasteiger charge is -2.40. The van der Waals surface area contributed by atoms with Gasteiger partial charge in [0.1, 0.15) is 11.6 Å². The first kappa shape index (κ1) is 24.4. The van der Waals surface area contributed by atoms with Crippen LogP contribution in [0.3, 0.4) is 0 Å². The number of piperazine rings is 1. The highest BCUT2D eigenvalue weighted by Gasteiger charge is 2.34. The molecule has 2 aliphatic rings. The molecular formula is C28H35N9O. The van der Waals surface area contributed by atoms with Gasteiger partial charge in [-0.2, -0.15) is 10.1 Å². The number of hydrogen-bond donors (Lipinski definition) is 2. The Labute approximate surface area is 222 Å². The van der Waals surface area contributed by atoms with Gasteiger partial charge in [-0.05, 0) is 57.5 Å². The molecule has 0 bridgehead atoms. The minimum Gasteiger partial charge on any atom is -0.337 e. The Hall–Kier alpha value is -3.92. The van der Waals surface area contributed by atoms with E-state index >= 15 is 0 Å². The highest BCUT2D eigenvalue weighted by molar-refractivity contribution is 5.83. The number of carbonyl (C=O) groups excluding carboxylic acids is 1. The molecule has 0 saturated carbocycles. The molecule has 2 aliphatic heterocycles. The van der Waals surface area contributed by atoms with Crippen molar-refractivity contribution < 1.29 is 4.79 Å². The van der Waals surface area contributed by atoms with E-state index in [1.807, 2.05) is 40.7 Å². The molecule has 10 nitrogen and oxygen atoms in total. The number of piperidine rings is 1. The monoisotopic (exact) mass is 513 g/mol. The molecule has 2 saturated heterocycles. The average molecular weight is 514 g/mol. The van der Waals surface area contributed by atoms with Gasteiger partial charge in [0.2, 0.25) is 11.9 Å². The molecule has 10 heteroatoms. The fourth-order valence-corrected chi connectivity index (χ4v) is 5.49. The van der Waals surface area contributed by atoms with Crippen LogP contribution in [-0.4, -0.2) is 79.8 Å². The molecular weight excluding hydrogens is 478 g/mol. The second kappa shape index (κ2) is 10.4. The van der Waals surface area contributed by atoms with E-state index < -0.39 is 0 Å². The number of aromatic amines is 1. The standard InChI is InChI=1S/C28H35N9O/c1-20-8-10-22(11-9-20)25(34-12-4-3-5-13-34)27(38)35-15-17-36(18-16-35)28-30-26(23-7-6-14-37(23)33-28)29-24-19-21(2)31-32-24/h6-11,14,19,25H,3-5,12-13,15-18H2,1-2H3,(H2,29,30,31,32,33). The van der Waals surface area contributed by atoms with Crippen LogP contribution in [0.5, 0.6) is 0 Å². The number of benzene rings is 1. The molecule has 0 radical (unpaired) electrons. The number of amides is 1. The Morgan fingerprint density at radius 2 is 1.74 bits per heavy atom. The van der Waals surface area contributed by atoms with Gasteiger partial charge in [0.15, 0.2) is 11.6 Å². The topological polar surface area (TPSA) is 97.7 Å². The molecule has 198 valence electrons. The van der Waals surface area contributed by atoms with Crippen molar-refractivity contribution >= 4 is 29.0 Å². The van der Waals surface area contributed by atoms with Crippen molar-refractivity contribution in [1.29, 1.82) is 0 Å². The molecule has 1 amide bonds. The summed E-state index contributed by atoms with van der Waals surface area (Å²) in [6.45, 7) is 8.64. The summed E-state index contributed by atoms with van der Waals surface area (Å²) >= 11 is 0. The van der Waals surface area contributed by atoms with Crippen molar-refractivity contribution in [2.24, 2.45) is 0 Å². The molecule has 1 aromatic carbocycles. The van der Waals surface area contributed by atoms with E-state index in [-0.39, 0.29) is 11.9 Å². The second-order valence-corrected chi connectivity index (χ2v) is 10.4. The summed E-state index contributed by atoms with van der Waals surface area (Å²) in [6, 6.07) is 14.1. The number of nitrogens with zero attached hydrogens (tertiary/aromatic N) is 7. The summed E-state index contributed by atoms with van der Waals surface area (Å²) in [7, 11) is 0. The summed E-state index contributed by atoms with van der Waals surface area (Å²) in [6.07, 6.45) is 5.46. The predicted octanol–water partition coefficient (Wildman–Crippen LogP) is 3.69. The average Bonchev–Trinajstić information content (AvgIpc) is 3.59. The van der Waals surface area contributed by atoms with Crippen LogP contribution in [-0.2, 0) is 4.79 Å². The molecule has 0 spiro atoms. The number of carbonyl (C=O) groups is 1. The lowest BCUT2D eigenvalue weighted by molar-refractivity contribution is -0.138. The molecule has 3 aromatic heterocycles. The summed E-state index contributed by atoms with van der Waals surface area (Å²) in [5.41, 5.74) is 4.16. The molecule has 38 heavy (non-hydrogen) atoms. The van der Waals surface area contributed by atoms with Crippen molar-refractivity contribution in [1.82, 2.24) is 34.6 Å². The number of H-pyrrole nitrogens is 1. The lowest BCUT2D eigenvalue weighted by Crippen LogP contribution is -2.53. The van der Waals surface area contributed by atoms with Crippen LogP contribution in [0.2, 0.25) is 0 Å². The number of aromatic nitrogens is 5. The van der Waals surface area contributed by atoms with E-state index in [0.717, 1.165) is 42.7 Å². The Balaban J connectivity index is 1.19. The summed E-state index contributed by atoms with van der Waals surface area (Å²) in [5.74, 6) is 2.26. The third-order valence-electron chi connectivity index (χ3n) is 7.59. The van der Waals surface area contributed by atoms with E-state index in [4.69, 9.17) is 10.1 Å². The summed E-state index contributed by atoms with van der Waals surface area (Å²) in [4.78, 5) is 25.3. The highest BCUT2D eigenvalue weighted by Crippen LogP contribution is 2.28. The molecule has 1 atom stereocenters. The van der Waals surface area contributed by atoms with Crippen molar-refractivity contribution in [2.75, 3.05) is 49.5 Å². The first-order chi connectivity index (χ1) is 18.5. The van der Waals surface area contributed by atoms with Crippen LogP contribution in [0.15, 0.2) is 48.7 Å². The van der Waals surface area contributed by atoms with Gasteiger partial charge in [0.25, 0.3) is 0 Å². The third-order valence-corrected chi connectivity index (χ3v) is 7.59. The molecule has 6 rings (SSSR count). The maximum Gasteiger partial charge on any atom is 0.245 e. The SMILES string of the molecule is Cc1ccc(C(C(=O)N2CCN(c3nc(Nc4cc(C)[nH]n4)c4cccn4n3)CC2)N2CCCCC2)cc1. The first-order valence-corrected chi connectivity index (χ1v) is 13.5. The fourth-order valence-electron chi connectivity index (χ4n) is 5.49. The first-order valence-electron chi connectivity index (χ1n) is 13.5. The number of rotatable bonds is 6. The smallest absolute Gasteiger partial charge is 0.245 e. The molecule has 5 heterocycles. The normalized spacial score (nSPS) is 17.6. The molecule has 0 aliphatic carbocycles. The number of aryl methyl sites for hydroxylation is 2. The minimum atomic E-state index is -0.219. The molecule has 2 N–H and O–H groups in total. The van der Waals surface area contributed by atoms with Crippen LogP contribution in [0.4, 0.5) is 17.6 Å². The highest BCUT2D eigenvalue weighted by atomic mass is 16.2. The van der Waals surface area contributed by atoms with Gasteiger partial charge in [-0.3, -0.25) is 14.8 Å². The Morgan fingerprint density at radius 3 is 2.45 bits per heavy atom. The van der Waals surface area contributed by atoms with Gasteiger partial charge >= 0.3 is 0 Å². The second-order valence-electron chi connectivity index (χ2n) is 10.4. The number of hydrogen-bond acceptors (Lipinski definition) is 7. The van der Waals surface area contributed by atoms with E-state index in [1.165, 1.54) is 12.0 Å². The minimum absolute atomic E-state index is 0.202. The number of likely N-dealkylation sites (tertiary alicyclic amines) is 1. The van der Waals surface area contributed by atoms with Crippen LogP contribution < -0.4 is 10.2 Å². The Bertz CT molecular complexity index is 1400. The number of nitrogens with one attached hydrogen (secondary N) is 2. The lowest BCUT2D eigenvalue weighted by atomic mass is 9.99. The van der Waals surface area contributed by atoms with Crippen LogP contribution in [0.1, 0.15) is 42.1 Å². The largest absolute Gasteiger partial charge is 0.337 e. The molecule has 1 unspecified atom stereocenters. The van der Waals surface area contributed by atoms with Crippen molar-refractivity contribution in [3.05, 3.63) is 65.5 Å². The van der Waals surface area contributed by atoms with Crippen LogP contribution in [0, 0.1) is 13.8 Å². The molecule has 2 fully saturated rings. The van der Waals surface area contributed by atoms with Crippen molar-refractivity contribution in [2.45, 2.75) is 39.2 Å². The van der Waals surface area contributed by atoms with E-state index in [9.17, 15) is 4.79 Å². The van der Waals surface area contributed by atoms with Gasteiger partial charge in [-0.25, -0.2) is 4.52 Å². The zero-order chi connectivity index (χ0) is 26.1. The van der Waals surface area contributed by atoms with Crippen molar-refractivity contribution in [3.63, 3.8) is 0 Å². The van der Waals surface area contributed by atoms with Gasteiger partial charge in [-0.1, -0.05) is 36.2 Å². The van der Waals surface area contributed by atoms with Gasteiger partial charge in [0, 0.05) is 44.1 Å². The van der Waals surface area contributed by atoms with E-state index in [2.05, 4.69) is 56.5 Å². The predicted molar refractivity (Wildman–Crippen MR) is 148 cm³/mol. The maximum absolute atomic E-state index is 13.9. The zero-order valence-electron chi connectivity index (χ0n) is 22.1.